The van der Waals surface area contributed by atoms with Gasteiger partial charge in [-0.3, -0.25) is 86.3 Å². The fourth-order valence-electron chi connectivity index (χ4n) is 16.4. The zero-order valence-electron chi connectivity index (χ0n) is 75.6. The van der Waals surface area contributed by atoms with Gasteiger partial charge in [-0.05, 0) is 117 Å². The summed E-state index contributed by atoms with van der Waals surface area (Å²) in [6.07, 6.45) is 0.0855. The minimum atomic E-state index is -1.83. The van der Waals surface area contributed by atoms with Crippen LogP contribution >= 0.6 is 23.1 Å². The maximum Gasteiger partial charge on any atom is 0.303 e. The molecule has 134 heavy (non-hydrogen) atoms. The number of carboxylic acid groups (broad SMARTS) is 1. The van der Waals surface area contributed by atoms with E-state index in [9.17, 15) is 63.3 Å². The van der Waals surface area contributed by atoms with E-state index < -0.39 is 254 Å². The Morgan fingerprint density at radius 3 is 1.75 bits per heavy atom. The number of aromatic nitrogens is 3. The van der Waals surface area contributed by atoms with E-state index in [0.717, 1.165) is 36.1 Å². The lowest BCUT2D eigenvalue weighted by atomic mass is 9.99. The second-order valence-corrected chi connectivity index (χ2v) is 35.6. The van der Waals surface area contributed by atoms with Crippen molar-refractivity contribution in [3.05, 3.63) is 119 Å². The molecule has 6 heterocycles. The van der Waals surface area contributed by atoms with Crippen LogP contribution in [-0.2, 0) is 112 Å². The summed E-state index contributed by atoms with van der Waals surface area (Å²) in [5, 5.41) is 61.1. The van der Waals surface area contributed by atoms with Crippen LogP contribution in [0.2, 0.25) is 0 Å². The zero-order valence-corrected chi connectivity index (χ0v) is 77.2. The minimum absolute atomic E-state index is 0.00218. The number of aliphatic carboxylic acids is 1. The predicted molar refractivity (Wildman–Crippen MR) is 492 cm³/mol. The fraction of sp³-hybridized carbons (Fsp3) is 0.517. The summed E-state index contributed by atoms with van der Waals surface area (Å²) in [6, 6.07) is -2.27. The largest absolute Gasteiger partial charge is 0.508 e. The molecule has 0 aliphatic carbocycles. The van der Waals surface area contributed by atoms with Gasteiger partial charge in [0.05, 0.1) is 31.1 Å². The van der Waals surface area contributed by atoms with Crippen molar-refractivity contribution in [1.29, 1.82) is 0 Å². The number of carboxylic acids is 1. The number of phenolic OH excluding ortho intramolecular Hbond substituents is 1. The molecule has 0 spiro atoms. The molecule has 45 heteroatoms. The highest BCUT2D eigenvalue weighted by Gasteiger charge is 2.47. The van der Waals surface area contributed by atoms with E-state index >= 15 is 38.4 Å². The number of nitrogens with two attached hydrogens (primary N) is 4. The zero-order chi connectivity index (χ0) is 97.7. The van der Waals surface area contributed by atoms with Crippen molar-refractivity contribution in [2.24, 2.45) is 22.9 Å². The number of amides is 17. The first-order valence-electron chi connectivity index (χ1n) is 44.5. The Morgan fingerprint density at radius 1 is 0.545 bits per heavy atom. The summed E-state index contributed by atoms with van der Waals surface area (Å²) in [4.78, 5) is 278. The molecule has 3 aromatic carbocycles. The van der Waals surface area contributed by atoms with Crippen molar-refractivity contribution in [2.75, 3.05) is 65.4 Å². The maximum absolute atomic E-state index is 15.8. The van der Waals surface area contributed by atoms with Crippen molar-refractivity contribution in [3.63, 3.8) is 0 Å². The summed E-state index contributed by atoms with van der Waals surface area (Å²) in [7, 11) is 3.92. The van der Waals surface area contributed by atoms with Crippen LogP contribution in [0.3, 0.4) is 0 Å². The van der Waals surface area contributed by atoms with Crippen LogP contribution in [-0.4, -0.2) is 317 Å². The number of carbonyl (C=O) groups excluding carboxylic acids is 17. The van der Waals surface area contributed by atoms with E-state index in [1.54, 1.807) is 54.0 Å². The van der Waals surface area contributed by atoms with Gasteiger partial charge in [0, 0.05) is 112 Å². The van der Waals surface area contributed by atoms with Crippen molar-refractivity contribution >= 4 is 150 Å². The highest BCUT2D eigenvalue weighted by Crippen LogP contribution is 2.30. The van der Waals surface area contributed by atoms with E-state index in [-0.39, 0.29) is 88.9 Å². The lowest BCUT2D eigenvalue weighted by molar-refractivity contribution is -0.149. The molecular formula is C89H122N22O21S2. The number of likely N-dealkylation sites (N-methyl/N-ethyl adjacent to an activating group) is 3. The van der Waals surface area contributed by atoms with E-state index in [4.69, 9.17) is 22.9 Å². The van der Waals surface area contributed by atoms with Gasteiger partial charge in [0.1, 0.15) is 90.3 Å². The number of unbranched alkanes of at least 4 members (excludes halogenated alkanes) is 2. The first-order chi connectivity index (χ1) is 63.9. The van der Waals surface area contributed by atoms with Crippen molar-refractivity contribution in [1.82, 2.24) is 92.6 Å². The molecule has 9 rings (SSSR count). The topological polar surface area (TPSA) is 653 Å². The molecule has 23 N–H and O–H groups in total. The number of rotatable bonds is 26. The number of primary amides is 2. The monoisotopic (exact) mass is 1900 g/mol. The normalized spacial score (nSPS) is 24.8. The van der Waals surface area contributed by atoms with Gasteiger partial charge in [0.2, 0.25) is 100 Å². The number of nitrogens with one attached hydrogen (secondary N) is 12. The number of thiophene rings is 1. The van der Waals surface area contributed by atoms with Crippen LogP contribution in [0.5, 0.6) is 5.75 Å². The van der Waals surface area contributed by atoms with Gasteiger partial charge in [-0.1, -0.05) is 88.1 Å². The third-order valence-electron chi connectivity index (χ3n) is 23.9. The number of benzene rings is 3. The molecule has 0 bridgehead atoms. The quantitative estimate of drug-likeness (QED) is 0.0258. The van der Waals surface area contributed by atoms with E-state index in [1.165, 1.54) is 81.1 Å². The Balaban J connectivity index is 1.10. The Kier molecular flexibility index (Phi) is 39.1. The number of phenols is 1. The molecule has 43 nitrogen and oxygen atoms in total. The number of hydrogen-bond acceptors (Lipinski definition) is 25. The molecule has 3 saturated heterocycles. The predicted octanol–water partition coefficient (Wildman–Crippen LogP) is -2.93. The smallest absolute Gasteiger partial charge is 0.303 e. The van der Waals surface area contributed by atoms with Gasteiger partial charge in [-0.15, -0.1) is 23.1 Å². The number of imidazole rings is 1. The Hall–Kier alpha value is -13.1. The summed E-state index contributed by atoms with van der Waals surface area (Å²) in [6.45, 7) is 3.00. The molecule has 3 fully saturated rings. The number of aromatic hydroxyl groups is 1. The second-order valence-electron chi connectivity index (χ2n) is 33.7. The highest BCUT2D eigenvalue weighted by atomic mass is 32.2. The standard InChI is InChI=1S/C89H122N22O21S2/c1-7-9-19-67-82(125)100-59(30-32-91)79(122)106-66(77(120)96-42-73(93)115)45-133-46-74(116)98-63(34-49-23-25-53(112)26-24-49)85(128)107(4)48(3)76(119)104-65(39-72(92)114)88(131)110-33-15-21-68(110)83(126)103-62(37-52-41-94-47-97-52)81(124)101-60(27-28-75(117)118)87(130)111-43-54(113)38-70(111)84(127)102-61(36-51-44-134-71-22-14-12-17-56(51)71)80(123)99-58(29-31-90)78(121)105-64(35-50-40-95-57-18-13-11-16-55(50)57)86(129)109(6)69(20-10-8-2)89(132)108(67)5/h11-14,16-18,22-26,40-41,44,47-48,54,58-70,95,112-113H,7-10,15,19-21,27-39,42-43,45-46,90-91H2,1-6H3,(H2,92,114)(H2,93,115)(H,94,97)(H,96,120)(H,98,116)(H,99,123)(H,100,125)(H,101,124)(H,102,127)(H,103,126)(H,104,119)(H,105,121)(H,106,122)(H,117,118)/t48-,54+,58-,59-,60-,61-,62-,63-,64-,65-,66-,67-,68-,69-,70-/m0/s1. The first-order valence-corrected chi connectivity index (χ1v) is 46.6. The molecule has 6 aromatic rings. The van der Waals surface area contributed by atoms with Gasteiger partial charge >= 0.3 is 5.97 Å². The molecular weight excluding hydrogens is 1780 g/mol. The Bertz CT molecular complexity index is 5190. The van der Waals surface area contributed by atoms with Gasteiger partial charge in [0.25, 0.3) is 0 Å². The third kappa shape index (κ3) is 28.7. The van der Waals surface area contributed by atoms with Gasteiger partial charge in [0.15, 0.2) is 0 Å². The average Bonchev–Trinajstić information content (AvgIpc) is 1.13. The van der Waals surface area contributed by atoms with Crippen LogP contribution in [0.1, 0.15) is 133 Å². The summed E-state index contributed by atoms with van der Waals surface area (Å²) in [5.41, 5.74) is 25.8. The van der Waals surface area contributed by atoms with E-state index in [1.807, 2.05) is 19.9 Å². The average molecular weight is 1900 g/mol. The van der Waals surface area contributed by atoms with Crippen molar-refractivity contribution < 1.29 is 102 Å². The van der Waals surface area contributed by atoms with Gasteiger partial charge in [-0.2, -0.15) is 0 Å². The van der Waals surface area contributed by atoms with Gasteiger partial charge < -0.3 is 126 Å². The summed E-state index contributed by atoms with van der Waals surface area (Å²) >= 11 is 2.09. The number of hydrogen-bond donors (Lipinski definition) is 19. The molecule has 17 amide bonds. The van der Waals surface area contributed by atoms with Crippen molar-refractivity contribution in [3.8, 4) is 5.75 Å². The number of thioether (sulfide) groups is 1. The lowest BCUT2D eigenvalue weighted by Crippen LogP contribution is -2.61. The number of nitrogens with zero attached hydrogens (tertiary/aromatic N) is 6. The highest BCUT2D eigenvalue weighted by molar-refractivity contribution is 8.00. The first kappa shape index (κ1) is 105. The number of aromatic amines is 2. The number of H-pyrrole nitrogens is 2. The number of aliphatic hydroxyl groups excluding tert-OH is 1. The molecule has 3 aromatic heterocycles. The lowest BCUT2D eigenvalue weighted by Gasteiger charge is -2.36. The van der Waals surface area contributed by atoms with Crippen LogP contribution in [0.4, 0.5) is 0 Å². The molecule has 3 aliphatic rings. The minimum Gasteiger partial charge on any atom is -0.508 e. The van der Waals surface area contributed by atoms with Crippen LogP contribution < -0.4 is 76.1 Å². The third-order valence-corrected chi connectivity index (χ3v) is 25.9. The van der Waals surface area contributed by atoms with Crippen LogP contribution in [0.15, 0.2) is 96.9 Å². The van der Waals surface area contributed by atoms with Gasteiger partial charge in [-0.25, -0.2) is 4.98 Å². The van der Waals surface area contributed by atoms with Crippen LogP contribution in [0, 0.1) is 0 Å². The second kappa shape index (κ2) is 50.1. The number of para-hydroxylation sites is 1. The molecule has 15 atom stereocenters. The van der Waals surface area contributed by atoms with E-state index in [2.05, 4.69) is 68.1 Å². The Labute approximate surface area is 781 Å². The SMILES string of the molecule is CCCC[C@H]1C(=O)N(C)[C@@H](CCCC)C(=O)N[C@@H](CCN)C(=O)N[C@H](C(=O)NCC(N)=O)CSCC(=O)N[C@@H](Cc2ccc(O)cc2)C(=O)N(C)[C@@H](C)C(=O)N[C@@H](CC(N)=O)C(=O)N2CCC[C@H]2C(=O)N[C@@H](Cc2cnc[nH]2)C(=O)N[C@@H](CCC(=O)O)C(=O)N2C[C@H](O)C[C@H]2C(=O)N[C@@H](Cc2csc3ccccc23)C(=O)N[C@@H](CCN)C(=O)N[C@@H](Cc2c[nH]c3ccccc23)C(=O)N1C. The molecule has 726 valence electrons. The summed E-state index contributed by atoms with van der Waals surface area (Å²) in [5.74, 6) is -18.9. The number of carbonyl (C=O) groups is 18. The Morgan fingerprint density at radius 2 is 1.10 bits per heavy atom. The van der Waals surface area contributed by atoms with Crippen molar-refractivity contribution in [2.45, 2.75) is 227 Å². The summed E-state index contributed by atoms with van der Waals surface area (Å²) < 4.78 is 0.786. The number of aliphatic hydroxyl groups is 1. The maximum atomic E-state index is 15.8. The number of fused-ring (bicyclic) bond motifs is 4. The van der Waals surface area contributed by atoms with E-state index in [0.29, 0.717) is 58.7 Å². The molecule has 0 saturated carbocycles. The molecule has 0 radical (unpaired) electrons. The van der Waals surface area contributed by atoms with Crippen LogP contribution in [0.25, 0.3) is 21.0 Å². The fourth-order valence-corrected chi connectivity index (χ4v) is 18.2. The molecule has 0 unspecified atom stereocenters. The molecule has 3 aliphatic heterocycles.